The van der Waals surface area contributed by atoms with Crippen LogP contribution in [0.15, 0.2) is 42.5 Å². The van der Waals surface area contributed by atoms with Crippen LogP contribution in [0.4, 0.5) is 13.2 Å². The number of ether oxygens (including phenoxy) is 1. The number of halogens is 3. The minimum absolute atomic E-state index is 0.0833. The molecule has 12 heteroatoms. The molecule has 2 unspecified atom stereocenters. The Morgan fingerprint density at radius 2 is 1.66 bits per heavy atom. The summed E-state index contributed by atoms with van der Waals surface area (Å²) in [4.78, 5) is 55.7. The Morgan fingerprint density at radius 1 is 0.909 bits per heavy atom. The molecule has 4 N–H and O–H groups in total. The lowest BCUT2D eigenvalue weighted by Gasteiger charge is -2.28. The number of H-pyrrole nitrogens is 1. The second kappa shape index (κ2) is 14.0. The zero-order valence-electron chi connectivity index (χ0n) is 24.1. The van der Waals surface area contributed by atoms with Gasteiger partial charge >= 0.3 is 0 Å². The van der Waals surface area contributed by atoms with Gasteiger partial charge in [-0.1, -0.05) is 50.3 Å². The van der Waals surface area contributed by atoms with Crippen molar-refractivity contribution in [2.24, 2.45) is 11.8 Å². The van der Waals surface area contributed by atoms with E-state index < -0.39 is 65.4 Å². The summed E-state index contributed by atoms with van der Waals surface area (Å²) in [6, 6.07) is 8.06. The van der Waals surface area contributed by atoms with Crippen molar-refractivity contribution in [2.45, 2.75) is 63.5 Å². The molecule has 1 aliphatic carbocycles. The first kappa shape index (κ1) is 31.1. The fourth-order valence-corrected chi connectivity index (χ4v) is 6.00. The van der Waals surface area contributed by atoms with Crippen molar-refractivity contribution in [1.29, 1.82) is 0 Å². The van der Waals surface area contributed by atoms with Crippen LogP contribution >= 0.6 is 0 Å². The lowest BCUT2D eigenvalue weighted by molar-refractivity contribution is -0.131. The Bertz CT molecular complexity index is 1500. The molecule has 3 atom stereocenters. The number of amides is 3. The fourth-order valence-electron chi connectivity index (χ4n) is 6.00. The normalized spacial score (nSPS) is 18.4. The number of hydrogen-bond acceptors (Lipinski definition) is 5. The quantitative estimate of drug-likeness (QED) is 0.227. The standard InChI is InChI=1S/C32H35F3N4O5/c33-21-10-11-22(34)29(28(21)35)44-17-27(40)24(16-20-12-13-36-30(20)41)38-31(42)25(14-18-6-2-1-3-7-18)39-32(43)26-15-19-8-4-5-9-23(19)37-26/h4-5,8-11,15,18,20,24-25,37H,1-3,6-7,12-14,16-17H2,(H,36,41)(H,38,42)(H,39,43)/t20?,24?,25-/m0/s1. The van der Waals surface area contributed by atoms with Crippen molar-refractivity contribution in [3.05, 3.63) is 65.6 Å². The number of carbonyl (C=O) groups excluding carboxylic acids is 4. The molecule has 1 aromatic heterocycles. The molecular weight excluding hydrogens is 577 g/mol. The SMILES string of the molecule is O=C(N[C@@H](CC1CCCCC1)C(=O)NC(CC1CCNC1=O)C(=O)COc1c(F)ccc(F)c1F)c1cc2ccccc2[nH]1. The molecule has 3 amide bonds. The first-order valence-corrected chi connectivity index (χ1v) is 14.9. The van der Waals surface area contributed by atoms with E-state index in [1.165, 1.54) is 0 Å². The van der Waals surface area contributed by atoms with Crippen molar-refractivity contribution in [3.63, 3.8) is 0 Å². The number of aromatic amines is 1. The molecule has 1 saturated carbocycles. The molecule has 2 fully saturated rings. The summed E-state index contributed by atoms with van der Waals surface area (Å²) >= 11 is 0. The van der Waals surface area contributed by atoms with E-state index in [-0.39, 0.29) is 23.9 Å². The van der Waals surface area contributed by atoms with Crippen LogP contribution in [0.5, 0.6) is 5.75 Å². The third-order valence-electron chi connectivity index (χ3n) is 8.44. The number of rotatable bonds is 12. The van der Waals surface area contributed by atoms with Gasteiger partial charge < -0.3 is 25.7 Å². The molecule has 1 saturated heterocycles. The number of Topliss-reactive ketones (excluding diaryl/α,β-unsaturated/α-hetero) is 1. The zero-order valence-corrected chi connectivity index (χ0v) is 24.1. The molecule has 0 radical (unpaired) electrons. The highest BCUT2D eigenvalue weighted by Crippen LogP contribution is 2.28. The first-order valence-electron chi connectivity index (χ1n) is 14.9. The molecule has 234 valence electrons. The number of carbonyl (C=O) groups is 4. The molecule has 2 aromatic carbocycles. The van der Waals surface area contributed by atoms with E-state index in [0.29, 0.717) is 31.5 Å². The summed E-state index contributed by atoms with van der Waals surface area (Å²) in [5.74, 6) is -7.76. The number of ketones is 1. The van der Waals surface area contributed by atoms with Gasteiger partial charge in [-0.3, -0.25) is 19.2 Å². The average Bonchev–Trinajstić information content (AvgIpc) is 3.64. The molecule has 9 nitrogen and oxygen atoms in total. The van der Waals surface area contributed by atoms with Gasteiger partial charge in [-0.2, -0.15) is 4.39 Å². The van der Waals surface area contributed by atoms with E-state index in [4.69, 9.17) is 4.74 Å². The molecule has 5 rings (SSSR count). The second-order valence-corrected chi connectivity index (χ2v) is 11.5. The highest BCUT2D eigenvalue weighted by Gasteiger charge is 2.34. The van der Waals surface area contributed by atoms with Gasteiger partial charge in [-0.25, -0.2) is 8.78 Å². The predicted molar refractivity (Wildman–Crippen MR) is 155 cm³/mol. The number of para-hydroxylation sites is 1. The van der Waals surface area contributed by atoms with Gasteiger partial charge in [0.25, 0.3) is 5.91 Å². The Hall–Kier alpha value is -4.35. The van der Waals surface area contributed by atoms with Crippen LogP contribution in [-0.2, 0) is 14.4 Å². The van der Waals surface area contributed by atoms with Crippen LogP contribution < -0.4 is 20.7 Å². The molecular formula is C32H35F3N4O5. The van der Waals surface area contributed by atoms with Gasteiger partial charge in [0, 0.05) is 23.4 Å². The van der Waals surface area contributed by atoms with Crippen molar-refractivity contribution in [2.75, 3.05) is 13.2 Å². The van der Waals surface area contributed by atoms with Gasteiger partial charge in [-0.05, 0) is 49.4 Å². The van der Waals surface area contributed by atoms with Gasteiger partial charge in [0.15, 0.2) is 23.2 Å². The maximum atomic E-state index is 14.1. The van der Waals surface area contributed by atoms with Crippen LogP contribution in [0.3, 0.4) is 0 Å². The minimum Gasteiger partial charge on any atom is -0.480 e. The van der Waals surface area contributed by atoms with Gasteiger partial charge in [0.1, 0.15) is 18.3 Å². The highest BCUT2D eigenvalue weighted by molar-refractivity contribution is 6.01. The summed E-state index contributed by atoms with van der Waals surface area (Å²) in [7, 11) is 0. The maximum absolute atomic E-state index is 14.1. The van der Waals surface area contributed by atoms with Crippen LogP contribution in [0.2, 0.25) is 0 Å². The van der Waals surface area contributed by atoms with Crippen molar-refractivity contribution >= 4 is 34.4 Å². The van der Waals surface area contributed by atoms with Crippen molar-refractivity contribution in [1.82, 2.24) is 20.9 Å². The lowest BCUT2D eigenvalue weighted by Crippen LogP contribution is -2.53. The number of nitrogens with one attached hydrogen (secondary N) is 4. The van der Waals surface area contributed by atoms with Crippen LogP contribution in [0.25, 0.3) is 10.9 Å². The Kier molecular flexibility index (Phi) is 9.86. The third kappa shape index (κ3) is 7.40. The largest absolute Gasteiger partial charge is 0.480 e. The Labute approximate surface area is 252 Å². The molecule has 44 heavy (non-hydrogen) atoms. The first-order chi connectivity index (χ1) is 21.2. The van der Waals surface area contributed by atoms with Crippen LogP contribution in [0, 0.1) is 29.3 Å². The van der Waals surface area contributed by atoms with Gasteiger partial charge in [0.2, 0.25) is 17.6 Å². The topological polar surface area (TPSA) is 129 Å². The van der Waals surface area contributed by atoms with Crippen LogP contribution in [0.1, 0.15) is 61.9 Å². The number of fused-ring (bicyclic) bond motifs is 1. The lowest BCUT2D eigenvalue weighted by atomic mass is 9.84. The Balaban J connectivity index is 1.34. The zero-order chi connectivity index (χ0) is 31.2. The highest BCUT2D eigenvalue weighted by atomic mass is 19.2. The summed E-state index contributed by atoms with van der Waals surface area (Å²) in [5.41, 5.74) is 1.04. The van der Waals surface area contributed by atoms with E-state index in [1.54, 1.807) is 6.07 Å². The molecule has 1 aliphatic heterocycles. The second-order valence-electron chi connectivity index (χ2n) is 11.5. The summed E-state index contributed by atoms with van der Waals surface area (Å²) < 4.78 is 46.9. The van der Waals surface area contributed by atoms with Crippen molar-refractivity contribution in [3.8, 4) is 5.75 Å². The molecule has 3 aromatic rings. The molecule has 0 spiro atoms. The van der Waals surface area contributed by atoms with Gasteiger partial charge in [0.05, 0.1) is 6.04 Å². The minimum atomic E-state index is -1.58. The molecule has 2 heterocycles. The number of aromatic nitrogens is 1. The van der Waals surface area contributed by atoms with Gasteiger partial charge in [-0.15, -0.1) is 0 Å². The smallest absolute Gasteiger partial charge is 0.268 e. The average molecular weight is 613 g/mol. The number of hydrogen-bond donors (Lipinski definition) is 4. The van der Waals surface area contributed by atoms with Crippen molar-refractivity contribution < 1.29 is 37.1 Å². The summed E-state index contributed by atoms with van der Waals surface area (Å²) in [6.07, 6.45) is 5.61. The molecule has 2 aliphatic rings. The van der Waals surface area contributed by atoms with E-state index in [9.17, 15) is 32.3 Å². The Morgan fingerprint density at radius 3 is 2.39 bits per heavy atom. The molecule has 0 bridgehead atoms. The van der Waals surface area contributed by atoms with E-state index in [0.717, 1.165) is 43.0 Å². The third-order valence-corrected chi connectivity index (χ3v) is 8.44. The fraction of sp³-hybridized carbons (Fsp3) is 0.438. The summed E-state index contributed by atoms with van der Waals surface area (Å²) in [6.45, 7) is -0.481. The maximum Gasteiger partial charge on any atom is 0.268 e. The van der Waals surface area contributed by atoms with Crippen LogP contribution in [-0.4, -0.2) is 53.7 Å². The van der Waals surface area contributed by atoms with E-state index in [2.05, 4.69) is 20.9 Å². The monoisotopic (exact) mass is 612 g/mol. The predicted octanol–water partition coefficient (Wildman–Crippen LogP) is 4.31. The van der Waals surface area contributed by atoms with E-state index in [1.807, 2.05) is 24.3 Å². The number of benzene rings is 2. The summed E-state index contributed by atoms with van der Waals surface area (Å²) in [5, 5.41) is 9.02. The van der Waals surface area contributed by atoms with E-state index >= 15 is 0 Å².